The summed E-state index contributed by atoms with van der Waals surface area (Å²) in [5.74, 6) is 0. The molecule has 0 aliphatic heterocycles. The Kier molecular flexibility index (Phi) is 2.72. The number of fused-ring (bicyclic) bond motifs is 3. The molecule has 0 spiro atoms. The fourth-order valence-corrected chi connectivity index (χ4v) is 2.45. The number of benzene rings is 1. The van der Waals surface area contributed by atoms with E-state index >= 15 is 0 Å². The van der Waals surface area contributed by atoms with Crippen LogP contribution in [-0.2, 0) is 0 Å². The molecule has 2 aromatic heterocycles. The van der Waals surface area contributed by atoms with Crippen LogP contribution in [-0.4, -0.2) is 16.2 Å². The minimum atomic E-state index is -0.513. The third-order valence-corrected chi connectivity index (χ3v) is 3.40. The largest absolute Gasteiger partial charge is 0.422 e. The van der Waals surface area contributed by atoms with Gasteiger partial charge in [0.25, 0.3) is 0 Å². The van der Waals surface area contributed by atoms with Gasteiger partial charge in [-0.2, -0.15) is 0 Å². The van der Waals surface area contributed by atoms with Gasteiger partial charge in [-0.3, -0.25) is 0 Å². The lowest BCUT2D eigenvalue weighted by Crippen LogP contribution is -2.04. The van der Waals surface area contributed by atoms with Crippen LogP contribution < -0.4 is 5.63 Å². The van der Waals surface area contributed by atoms with E-state index in [2.05, 4.69) is 9.97 Å². The molecule has 0 N–H and O–H groups in total. The summed E-state index contributed by atoms with van der Waals surface area (Å²) in [4.78, 5) is 20.3. The van der Waals surface area contributed by atoms with Crippen molar-refractivity contribution in [3.05, 3.63) is 39.8 Å². The molecular formula is C12H7ClN2O2S. The Morgan fingerprint density at radius 3 is 2.83 bits per heavy atom. The van der Waals surface area contributed by atoms with E-state index < -0.39 is 5.63 Å². The van der Waals surface area contributed by atoms with Crippen molar-refractivity contribution in [2.75, 3.05) is 6.26 Å². The lowest BCUT2D eigenvalue weighted by atomic mass is 10.2. The van der Waals surface area contributed by atoms with E-state index in [1.54, 1.807) is 12.1 Å². The lowest BCUT2D eigenvalue weighted by Gasteiger charge is -2.04. The van der Waals surface area contributed by atoms with Gasteiger partial charge in [-0.05, 0) is 18.4 Å². The number of aromatic nitrogens is 2. The summed E-state index contributed by atoms with van der Waals surface area (Å²) in [5, 5.41) is 1.65. The predicted octanol–water partition coefficient (Wildman–Crippen LogP) is 3.11. The van der Waals surface area contributed by atoms with Crippen LogP contribution in [0.15, 0.2) is 38.6 Å². The zero-order valence-corrected chi connectivity index (χ0v) is 10.9. The molecule has 0 fully saturated rings. The highest BCUT2D eigenvalue weighted by Gasteiger charge is 2.14. The van der Waals surface area contributed by atoms with Crippen molar-refractivity contribution in [2.24, 2.45) is 0 Å². The molecule has 0 radical (unpaired) electrons. The van der Waals surface area contributed by atoms with Crippen molar-refractivity contribution in [3.63, 3.8) is 0 Å². The van der Waals surface area contributed by atoms with E-state index in [0.29, 0.717) is 16.3 Å². The Labute approximate surface area is 111 Å². The van der Waals surface area contributed by atoms with Crippen molar-refractivity contribution >= 4 is 45.2 Å². The molecule has 0 bridgehead atoms. The van der Waals surface area contributed by atoms with Gasteiger partial charge in [-0.15, -0.1) is 0 Å². The first-order valence-corrected chi connectivity index (χ1v) is 6.74. The highest BCUT2D eigenvalue weighted by atomic mass is 35.5. The van der Waals surface area contributed by atoms with Crippen LogP contribution in [0.4, 0.5) is 0 Å². The van der Waals surface area contributed by atoms with Crippen LogP contribution in [0.2, 0.25) is 5.15 Å². The van der Waals surface area contributed by atoms with Crippen LogP contribution in [0.1, 0.15) is 0 Å². The maximum absolute atomic E-state index is 11.9. The van der Waals surface area contributed by atoms with Gasteiger partial charge >= 0.3 is 5.63 Å². The molecule has 18 heavy (non-hydrogen) atoms. The molecule has 3 aromatic rings. The Morgan fingerprint density at radius 1 is 1.28 bits per heavy atom. The fraction of sp³-hybridized carbons (Fsp3) is 0.0833. The second kappa shape index (κ2) is 4.26. The first-order valence-electron chi connectivity index (χ1n) is 5.14. The molecule has 0 saturated heterocycles. The molecule has 3 rings (SSSR count). The third-order valence-electron chi connectivity index (χ3n) is 2.58. The van der Waals surface area contributed by atoms with Gasteiger partial charge in [-0.25, -0.2) is 14.8 Å². The predicted molar refractivity (Wildman–Crippen MR) is 72.4 cm³/mol. The van der Waals surface area contributed by atoms with E-state index in [1.807, 2.05) is 18.4 Å². The van der Waals surface area contributed by atoms with Crippen molar-refractivity contribution in [2.45, 2.75) is 5.16 Å². The molecular weight excluding hydrogens is 272 g/mol. The topological polar surface area (TPSA) is 56.0 Å². The second-order valence-corrected chi connectivity index (χ2v) is 4.74. The first kappa shape index (κ1) is 11.5. The Bertz CT molecular complexity index is 816. The van der Waals surface area contributed by atoms with Crippen molar-refractivity contribution in [1.82, 2.24) is 9.97 Å². The summed E-state index contributed by atoms with van der Waals surface area (Å²) in [7, 11) is 0. The van der Waals surface area contributed by atoms with Gasteiger partial charge in [-0.1, -0.05) is 35.5 Å². The molecule has 0 amide bonds. The molecule has 0 aliphatic rings. The van der Waals surface area contributed by atoms with Crippen LogP contribution in [0.25, 0.3) is 21.9 Å². The summed E-state index contributed by atoms with van der Waals surface area (Å²) in [5.41, 5.74) is 0.518. The Morgan fingerprint density at radius 2 is 2.06 bits per heavy atom. The molecule has 0 aliphatic carbocycles. The number of para-hydroxylation sites is 1. The van der Waals surface area contributed by atoms with Crippen molar-refractivity contribution in [1.29, 1.82) is 0 Å². The number of hydrogen-bond acceptors (Lipinski definition) is 5. The fourth-order valence-electron chi connectivity index (χ4n) is 1.78. The number of rotatable bonds is 1. The van der Waals surface area contributed by atoms with Gasteiger partial charge < -0.3 is 4.42 Å². The van der Waals surface area contributed by atoms with E-state index in [9.17, 15) is 4.79 Å². The van der Waals surface area contributed by atoms with E-state index in [1.165, 1.54) is 11.8 Å². The molecule has 0 saturated carbocycles. The maximum atomic E-state index is 11.9. The molecule has 2 heterocycles. The van der Waals surface area contributed by atoms with E-state index in [4.69, 9.17) is 16.0 Å². The monoisotopic (exact) mass is 278 g/mol. The summed E-state index contributed by atoms with van der Waals surface area (Å²) >= 11 is 7.40. The van der Waals surface area contributed by atoms with Crippen LogP contribution in [0.5, 0.6) is 0 Å². The first-order chi connectivity index (χ1) is 8.70. The highest BCUT2D eigenvalue weighted by Crippen LogP contribution is 2.26. The number of thioether (sulfide) groups is 1. The average Bonchev–Trinajstić information content (AvgIpc) is 2.38. The Hall–Kier alpha value is -1.59. The summed E-state index contributed by atoms with van der Waals surface area (Å²) < 4.78 is 5.20. The smallest absolute Gasteiger partial charge is 0.348 e. The van der Waals surface area contributed by atoms with Crippen molar-refractivity contribution < 1.29 is 4.42 Å². The van der Waals surface area contributed by atoms with Gasteiger partial charge in [0.1, 0.15) is 16.1 Å². The van der Waals surface area contributed by atoms with Crippen LogP contribution in [0.3, 0.4) is 0 Å². The van der Waals surface area contributed by atoms with E-state index in [-0.39, 0.29) is 10.5 Å². The third kappa shape index (κ3) is 1.67. The number of halogens is 1. The summed E-state index contributed by atoms with van der Waals surface area (Å²) in [6.07, 6.45) is 1.85. The van der Waals surface area contributed by atoms with Crippen LogP contribution >= 0.6 is 23.4 Å². The van der Waals surface area contributed by atoms with Crippen LogP contribution in [0, 0.1) is 0 Å². The Balaban J connectivity index is 2.62. The molecule has 6 heteroatoms. The van der Waals surface area contributed by atoms with E-state index in [0.717, 1.165) is 5.39 Å². The standard InChI is InChI=1S/C12H7ClN2O2S/c1-18-12-14-9-6-4-2-3-5-7(6)17-11(16)8(9)10(13)15-12/h2-5H,1H3. The number of hydrogen-bond donors (Lipinski definition) is 0. The molecule has 0 unspecified atom stereocenters. The minimum Gasteiger partial charge on any atom is -0.422 e. The van der Waals surface area contributed by atoms with Gasteiger partial charge in [0.15, 0.2) is 5.16 Å². The van der Waals surface area contributed by atoms with Gasteiger partial charge in [0, 0.05) is 5.39 Å². The second-order valence-electron chi connectivity index (χ2n) is 3.61. The number of nitrogens with zero attached hydrogens (tertiary/aromatic N) is 2. The van der Waals surface area contributed by atoms with Gasteiger partial charge in [0.2, 0.25) is 0 Å². The molecule has 4 nitrogen and oxygen atoms in total. The quantitative estimate of drug-likeness (QED) is 0.225. The zero-order chi connectivity index (χ0) is 12.7. The lowest BCUT2D eigenvalue weighted by molar-refractivity contribution is 0.569. The maximum Gasteiger partial charge on any atom is 0.348 e. The average molecular weight is 279 g/mol. The SMILES string of the molecule is CSc1nc(Cl)c2c(=O)oc3ccccc3c2n1. The van der Waals surface area contributed by atoms with Crippen molar-refractivity contribution in [3.8, 4) is 0 Å². The minimum absolute atomic E-state index is 0.129. The highest BCUT2D eigenvalue weighted by molar-refractivity contribution is 7.98. The molecule has 0 atom stereocenters. The summed E-state index contributed by atoms with van der Waals surface area (Å²) in [6, 6.07) is 7.23. The zero-order valence-electron chi connectivity index (χ0n) is 9.31. The molecule has 90 valence electrons. The normalized spacial score (nSPS) is 11.2. The molecule has 1 aromatic carbocycles. The summed E-state index contributed by atoms with van der Waals surface area (Å²) in [6.45, 7) is 0. The van der Waals surface area contributed by atoms with Gasteiger partial charge in [0.05, 0.1) is 5.52 Å².